The zero-order valence-electron chi connectivity index (χ0n) is 11.8. The molecule has 1 aliphatic carbocycles. The summed E-state index contributed by atoms with van der Waals surface area (Å²) in [5, 5.41) is 13.5. The molecule has 0 radical (unpaired) electrons. The first-order valence-corrected chi connectivity index (χ1v) is 7.76. The van der Waals surface area contributed by atoms with Crippen molar-refractivity contribution in [2.75, 3.05) is 13.2 Å². The third kappa shape index (κ3) is 4.85. The lowest BCUT2D eigenvalue weighted by atomic mass is 10.1. The van der Waals surface area contributed by atoms with E-state index in [2.05, 4.69) is 5.32 Å². The van der Waals surface area contributed by atoms with Crippen LogP contribution in [0.2, 0.25) is 10.0 Å². The molecule has 0 aromatic heterocycles. The summed E-state index contributed by atoms with van der Waals surface area (Å²) in [7, 11) is 0. The van der Waals surface area contributed by atoms with E-state index in [4.69, 9.17) is 27.9 Å². The molecule has 1 aromatic carbocycles. The number of rotatable bonds is 7. The number of carbonyl (C=O) groups is 1. The predicted octanol–water partition coefficient (Wildman–Crippen LogP) is 2.96. The number of hydrogen-bond acceptors (Lipinski definition) is 3. The van der Waals surface area contributed by atoms with Gasteiger partial charge in [-0.25, -0.2) is 0 Å². The third-order valence-electron chi connectivity index (χ3n) is 3.45. The van der Waals surface area contributed by atoms with Crippen molar-refractivity contribution >= 4 is 29.1 Å². The van der Waals surface area contributed by atoms with Gasteiger partial charge in [-0.05, 0) is 37.8 Å². The molecule has 0 bridgehead atoms. The number of hydrogen-bond donors (Lipinski definition) is 2. The molecule has 1 aliphatic rings. The van der Waals surface area contributed by atoms with Crippen LogP contribution >= 0.6 is 23.2 Å². The van der Waals surface area contributed by atoms with E-state index in [0.717, 1.165) is 0 Å². The molecule has 1 amide bonds. The lowest BCUT2D eigenvalue weighted by Gasteiger charge is -2.17. The number of nitrogens with one attached hydrogen (secondary N) is 1. The van der Waals surface area contributed by atoms with Crippen molar-refractivity contribution in [1.82, 2.24) is 5.32 Å². The van der Waals surface area contributed by atoms with Crippen molar-refractivity contribution in [3.63, 3.8) is 0 Å². The smallest absolute Gasteiger partial charge is 0.248 e. The number of benzene rings is 1. The number of aliphatic hydroxyl groups is 1. The Morgan fingerprint density at radius 2 is 2.05 bits per heavy atom. The summed E-state index contributed by atoms with van der Waals surface area (Å²) in [6, 6.07) is 5.00. The fraction of sp³-hybridized carbons (Fsp3) is 0.533. The first kappa shape index (κ1) is 16.6. The second kappa shape index (κ2) is 7.45. The van der Waals surface area contributed by atoms with Gasteiger partial charge < -0.3 is 15.2 Å². The Labute approximate surface area is 134 Å². The van der Waals surface area contributed by atoms with Crippen LogP contribution in [0, 0.1) is 5.92 Å². The molecule has 6 heteroatoms. The Morgan fingerprint density at radius 1 is 1.43 bits per heavy atom. The molecule has 2 atom stereocenters. The Balaban J connectivity index is 1.82. The Morgan fingerprint density at radius 3 is 2.62 bits per heavy atom. The van der Waals surface area contributed by atoms with Gasteiger partial charge in [-0.3, -0.25) is 4.79 Å². The quantitative estimate of drug-likeness (QED) is 0.807. The SMILES string of the molecule is CC(OCC1CC1)C(=O)NCC(O)c1c(Cl)cccc1Cl. The maximum atomic E-state index is 11.9. The first-order valence-electron chi connectivity index (χ1n) is 7.00. The van der Waals surface area contributed by atoms with Crippen molar-refractivity contribution in [1.29, 1.82) is 0 Å². The molecule has 116 valence electrons. The molecule has 21 heavy (non-hydrogen) atoms. The van der Waals surface area contributed by atoms with Gasteiger partial charge >= 0.3 is 0 Å². The van der Waals surface area contributed by atoms with Gasteiger partial charge in [0.05, 0.1) is 12.7 Å². The lowest BCUT2D eigenvalue weighted by molar-refractivity contribution is -0.132. The summed E-state index contributed by atoms with van der Waals surface area (Å²) in [5.74, 6) is 0.352. The summed E-state index contributed by atoms with van der Waals surface area (Å²) in [4.78, 5) is 11.9. The van der Waals surface area contributed by atoms with Gasteiger partial charge in [-0.1, -0.05) is 29.3 Å². The fourth-order valence-electron chi connectivity index (χ4n) is 1.91. The van der Waals surface area contributed by atoms with Crippen LogP contribution in [0.25, 0.3) is 0 Å². The summed E-state index contributed by atoms with van der Waals surface area (Å²) in [6.45, 7) is 2.36. The zero-order chi connectivity index (χ0) is 15.4. The van der Waals surface area contributed by atoms with Crippen molar-refractivity contribution in [3.8, 4) is 0 Å². The number of amides is 1. The van der Waals surface area contributed by atoms with Crippen molar-refractivity contribution in [2.24, 2.45) is 5.92 Å². The van der Waals surface area contributed by atoms with Gasteiger partial charge in [-0.15, -0.1) is 0 Å². The number of halogens is 2. The highest BCUT2D eigenvalue weighted by Gasteiger charge is 2.24. The van der Waals surface area contributed by atoms with Crippen LogP contribution in [-0.2, 0) is 9.53 Å². The van der Waals surface area contributed by atoms with E-state index < -0.39 is 12.2 Å². The van der Waals surface area contributed by atoms with Crippen LogP contribution in [-0.4, -0.2) is 30.3 Å². The molecule has 2 N–H and O–H groups in total. The minimum absolute atomic E-state index is 0.0411. The molecule has 0 spiro atoms. The van der Waals surface area contributed by atoms with Crippen molar-refractivity contribution < 1.29 is 14.6 Å². The van der Waals surface area contributed by atoms with E-state index in [0.29, 0.717) is 28.1 Å². The van der Waals surface area contributed by atoms with Gasteiger partial charge in [0.2, 0.25) is 5.91 Å². The summed E-state index contributed by atoms with van der Waals surface area (Å²) in [6.07, 6.45) is 0.876. The largest absolute Gasteiger partial charge is 0.386 e. The number of ether oxygens (including phenoxy) is 1. The van der Waals surface area contributed by atoms with E-state index in [1.807, 2.05) is 0 Å². The molecule has 1 saturated carbocycles. The lowest BCUT2D eigenvalue weighted by Crippen LogP contribution is -2.37. The standard InChI is InChI=1S/C15H19Cl2NO3/c1-9(21-8-10-5-6-10)15(20)18-7-13(19)14-11(16)3-2-4-12(14)17/h2-4,9-10,13,19H,5-8H2,1H3,(H,18,20). The molecule has 0 saturated heterocycles. The van der Waals surface area contributed by atoms with E-state index >= 15 is 0 Å². The zero-order valence-corrected chi connectivity index (χ0v) is 13.3. The Hall–Kier alpha value is -0.810. The molecule has 1 aromatic rings. The highest BCUT2D eigenvalue weighted by molar-refractivity contribution is 6.36. The average molecular weight is 332 g/mol. The third-order valence-corrected chi connectivity index (χ3v) is 4.11. The average Bonchev–Trinajstić information content (AvgIpc) is 3.26. The van der Waals surface area contributed by atoms with Crippen LogP contribution in [0.1, 0.15) is 31.4 Å². The second-order valence-corrected chi connectivity index (χ2v) is 6.13. The van der Waals surface area contributed by atoms with Crippen LogP contribution in [0.5, 0.6) is 0 Å². The van der Waals surface area contributed by atoms with E-state index in [9.17, 15) is 9.90 Å². The van der Waals surface area contributed by atoms with Gasteiger partial charge in [0.1, 0.15) is 6.10 Å². The second-order valence-electron chi connectivity index (χ2n) is 5.32. The minimum Gasteiger partial charge on any atom is -0.386 e. The van der Waals surface area contributed by atoms with Crippen LogP contribution in [0.3, 0.4) is 0 Å². The molecule has 0 heterocycles. The normalized spacial score (nSPS) is 17.3. The molecular formula is C15H19Cl2NO3. The number of aliphatic hydroxyl groups excluding tert-OH is 1. The van der Waals surface area contributed by atoms with Crippen molar-refractivity contribution in [2.45, 2.75) is 32.0 Å². The van der Waals surface area contributed by atoms with Gasteiger partial charge in [0.15, 0.2) is 0 Å². The molecule has 4 nitrogen and oxygen atoms in total. The molecule has 2 rings (SSSR count). The van der Waals surface area contributed by atoms with E-state index in [-0.39, 0.29) is 12.5 Å². The van der Waals surface area contributed by atoms with Crippen LogP contribution < -0.4 is 5.32 Å². The summed E-state index contributed by atoms with van der Waals surface area (Å²) in [5.41, 5.74) is 0.424. The van der Waals surface area contributed by atoms with E-state index in [1.54, 1.807) is 25.1 Å². The maximum Gasteiger partial charge on any atom is 0.248 e. The van der Waals surface area contributed by atoms with Crippen LogP contribution in [0.4, 0.5) is 0 Å². The fourth-order valence-corrected chi connectivity index (χ4v) is 2.56. The predicted molar refractivity (Wildman–Crippen MR) is 82.6 cm³/mol. The van der Waals surface area contributed by atoms with Crippen molar-refractivity contribution in [3.05, 3.63) is 33.8 Å². The van der Waals surface area contributed by atoms with Crippen LogP contribution in [0.15, 0.2) is 18.2 Å². The maximum absolute atomic E-state index is 11.9. The van der Waals surface area contributed by atoms with Gasteiger partial charge in [-0.2, -0.15) is 0 Å². The highest BCUT2D eigenvalue weighted by Crippen LogP contribution is 2.30. The monoisotopic (exact) mass is 331 g/mol. The molecule has 1 fully saturated rings. The first-order chi connectivity index (χ1) is 9.99. The summed E-state index contributed by atoms with van der Waals surface area (Å²) < 4.78 is 5.47. The molecule has 2 unspecified atom stereocenters. The van der Waals surface area contributed by atoms with E-state index in [1.165, 1.54) is 12.8 Å². The van der Waals surface area contributed by atoms with Gasteiger partial charge in [0, 0.05) is 22.2 Å². The topological polar surface area (TPSA) is 58.6 Å². The Bertz CT molecular complexity index is 485. The molecular weight excluding hydrogens is 313 g/mol. The molecule has 0 aliphatic heterocycles. The van der Waals surface area contributed by atoms with Gasteiger partial charge in [0.25, 0.3) is 0 Å². The Kier molecular flexibility index (Phi) is 5.88. The highest BCUT2D eigenvalue weighted by atomic mass is 35.5. The summed E-state index contributed by atoms with van der Waals surface area (Å²) >= 11 is 12.0. The number of carbonyl (C=O) groups excluding carboxylic acids is 1. The minimum atomic E-state index is -0.953.